The van der Waals surface area contributed by atoms with Crippen molar-refractivity contribution in [3.8, 4) is 11.1 Å². The van der Waals surface area contributed by atoms with Crippen LogP contribution in [0.2, 0.25) is 0 Å². The summed E-state index contributed by atoms with van der Waals surface area (Å²) in [5.74, 6) is 0. The number of hydrogen-bond donors (Lipinski definition) is 1. The first-order valence-electron chi connectivity index (χ1n) is 10.3. The van der Waals surface area contributed by atoms with Gasteiger partial charge in [-0.25, -0.2) is 0 Å². The Kier molecular flexibility index (Phi) is 6.32. The minimum atomic E-state index is -4.53. The molecule has 1 N–H and O–H groups in total. The standard InChI is InChI=1S/C26H21F3N2O/c27-26(28,29)23-11-5-10-22-24(21(17-32)16-31-25(22)23)20-9-4-8-19(14-20)15-30-13-12-18-6-2-1-3-7-18/h1-11,14,16-17,30H,12-13,15H2. The number of para-hydroxylation sites is 1. The van der Waals surface area contributed by atoms with Crippen LogP contribution in [-0.2, 0) is 19.1 Å². The maximum absolute atomic E-state index is 13.5. The van der Waals surface area contributed by atoms with E-state index in [1.54, 1.807) is 12.1 Å². The molecule has 0 saturated heterocycles. The van der Waals surface area contributed by atoms with Gasteiger partial charge in [-0.05, 0) is 41.8 Å². The molecule has 162 valence electrons. The average Bonchev–Trinajstić information content (AvgIpc) is 2.81. The zero-order valence-corrected chi connectivity index (χ0v) is 17.2. The molecule has 3 aromatic carbocycles. The van der Waals surface area contributed by atoms with Crippen LogP contribution < -0.4 is 5.32 Å². The van der Waals surface area contributed by atoms with Crippen molar-refractivity contribution in [3.05, 3.63) is 101 Å². The predicted octanol–water partition coefficient (Wildman–Crippen LogP) is 6.07. The van der Waals surface area contributed by atoms with Crippen LogP contribution in [0.4, 0.5) is 13.2 Å². The lowest BCUT2D eigenvalue weighted by Gasteiger charge is -2.15. The summed E-state index contributed by atoms with van der Waals surface area (Å²) in [5.41, 5.74) is 2.64. The summed E-state index contributed by atoms with van der Waals surface area (Å²) < 4.78 is 40.4. The number of fused-ring (bicyclic) bond motifs is 1. The van der Waals surface area contributed by atoms with Crippen LogP contribution in [0.15, 0.2) is 79.0 Å². The highest BCUT2D eigenvalue weighted by Crippen LogP contribution is 2.38. The smallest absolute Gasteiger partial charge is 0.312 e. The van der Waals surface area contributed by atoms with E-state index in [0.29, 0.717) is 29.3 Å². The van der Waals surface area contributed by atoms with Crippen LogP contribution in [0.5, 0.6) is 0 Å². The Morgan fingerprint density at radius 1 is 0.906 bits per heavy atom. The highest BCUT2D eigenvalue weighted by Gasteiger charge is 2.33. The molecule has 0 spiro atoms. The molecule has 0 amide bonds. The molecule has 0 aliphatic carbocycles. The Bertz CT molecular complexity index is 1240. The molecule has 1 heterocycles. The second-order valence-electron chi connectivity index (χ2n) is 7.52. The van der Waals surface area contributed by atoms with E-state index in [2.05, 4.69) is 22.4 Å². The minimum absolute atomic E-state index is 0.160. The lowest BCUT2D eigenvalue weighted by atomic mass is 9.94. The Balaban J connectivity index is 1.63. The van der Waals surface area contributed by atoms with Gasteiger partial charge in [-0.15, -0.1) is 0 Å². The molecular weight excluding hydrogens is 413 g/mol. The number of carbonyl (C=O) groups excluding carboxylic acids is 1. The van der Waals surface area contributed by atoms with Crippen molar-refractivity contribution >= 4 is 17.2 Å². The summed E-state index contributed by atoms with van der Waals surface area (Å²) in [7, 11) is 0. The van der Waals surface area contributed by atoms with Gasteiger partial charge in [0.05, 0.1) is 11.1 Å². The van der Waals surface area contributed by atoms with Crippen LogP contribution in [0.3, 0.4) is 0 Å². The maximum Gasteiger partial charge on any atom is 0.418 e. The fourth-order valence-electron chi connectivity index (χ4n) is 3.83. The van der Waals surface area contributed by atoms with Crippen LogP contribution in [0.1, 0.15) is 27.0 Å². The number of aromatic nitrogens is 1. The van der Waals surface area contributed by atoms with E-state index in [0.717, 1.165) is 24.6 Å². The van der Waals surface area contributed by atoms with Gasteiger partial charge >= 0.3 is 6.18 Å². The second kappa shape index (κ2) is 9.32. The monoisotopic (exact) mass is 434 g/mol. The summed E-state index contributed by atoms with van der Waals surface area (Å²) in [4.78, 5) is 15.6. The van der Waals surface area contributed by atoms with Crippen molar-refractivity contribution in [1.29, 1.82) is 0 Å². The number of hydrogen-bond acceptors (Lipinski definition) is 3. The van der Waals surface area contributed by atoms with E-state index in [1.807, 2.05) is 36.4 Å². The number of halogens is 3. The van der Waals surface area contributed by atoms with Gasteiger partial charge in [-0.3, -0.25) is 9.78 Å². The Hall–Kier alpha value is -3.51. The van der Waals surface area contributed by atoms with E-state index < -0.39 is 11.7 Å². The molecule has 0 bridgehead atoms. The Morgan fingerprint density at radius 3 is 2.41 bits per heavy atom. The molecule has 0 atom stereocenters. The van der Waals surface area contributed by atoms with Gasteiger partial charge in [-0.1, -0.05) is 60.7 Å². The van der Waals surface area contributed by atoms with Gasteiger partial charge in [0.1, 0.15) is 0 Å². The summed E-state index contributed by atoms with van der Waals surface area (Å²) in [6.07, 6.45) is -1.79. The third kappa shape index (κ3) is 4.70. The van der Waals surface area contributed by atoms with E-state index in [-0.39, 0.29) is 11.1 Å². The predicted molar refractivity (Wildman–Crippen MR) is 119 cm³/mol. The summed E-state index contributed by atoms with van der Waals surface area (Å²) in [5, 5.41) is 3.70. The van der Waals surface area contributed by atoms with Crippen LogP contribution in [0.25, 0.3) is 22.0 Å². The lowest BCUT2D eigenvalue weighted by Crippen LogP contribution is -2.16. The van der Waals surface area contributed by atoms with Gasteiger partial charge in [0.25, 0.3) is 0 Å². The molecule has 0 fully saturated rings. The molecule has 4 rings (SSSR count). The van der Waals surface area contributed by atoms with Crippen LogP contribution >= 0.6 is 0 Å². The summed E-state index contributed by atoms with van der Waals surface area (Å²) in [6.45, 7) is 1.40. The number of nitrogens with zero attached hydrogens (tertiary/aromatic N) is 1. The highest BCUT2D eigenvalue weighted by molar-refractivity contribution is 6.03. The number of benzene rings is 3. The molecule has 0 radical (unpaired) electrons. The second-order valence-corrected chi connectivity index (χ2v) is 7.52. The number of rotatable bonds is 7. The maximum atomic E-state index is 13.5. The Morgan fingerprint density at radius 2 is 1.66 bits per heavy atom. The van der Waals surface area contributed by atoms with E-state index in [4.69, 9.17) is 0 Å². The highest BCUT2D eigenvalue weighted by atomic mass is 19.4. The van der Waals surface area contributed by atoms with Gasteiger partial charge in [-0.2, -0.15) is 13.2 Å². The van der Waals surface area contributed by atoms with Gasteiger partial charge < -0.3 is 5.32 Å². The molecule has 4 aromatic rings. The summed E-state index contributed by atoms with van der Waals surface area (Å²) >= 11 is 0. The average molecular weight is 434 g/mol. The largest absolute Gasteiger partial charge is 0.418 e. The lowest BCUT2D eigenvalue weighted by molar-refractivity contribution is -0.136. The summed E-state index contributed by atoms with van der Waals surface area (Å²) in [6, 6.07) is 21.6. The van der Waals surface area contributed by atoms with Crippen LogP contribution in [-0.4, -0.2) is 17.8 Å². The fourth-order valence-corrected chi connectivity index (χ4v) is 3.83. The molecule has 1 aromatic heterocycles. The molecular formula is C26H21F3N2O. The molecule has 0 unspecified atom stereocenters. The first-order valence-corrected chi connectivity index (χ1v) is 10.3. The molecule has 3 nitrogen and oxygen atoms in total. The van der Waals surface area contributed by atoms with Gasteiger partial charge in [0.15, 0.2) is 6.29 Å². The SMILES string of the molecule is O=Cc1cnc2c(C(F)(F)F)cccc2c1-c1cccc(CNCCc2ccccc2)c1. The van der Waals surface area contributed by atoms with Gasteiger partial charge in [0.2, 0.25) is 0 Å². The van der Waals surface area contributed by atoms with Crippen molar-refractivity contribution in [3.63, 3.8) is 0 Å². The fraction of sp³-hybridized carbons (Fsp3) is 0.154. The zero-order valence-electron chi connectivity index (χ0n) is 17.2. The molecule has 0 aliphatic rings. The molecule has 0 saturated carbocycles. The van der Waals surface area contributed by atoms with Crippen molar-refractivity contribution in [2.75, 3.05) is 6.54 Å². The van der Waals surface area contributed by atoms with E-state index in [1.165, 1.54) is 17.8 Å². The molecule has 32 heavy (non-hydrogen) atoms. The van der Waals surface area contributed by atoms with E-state index >= 15 is 0 Å². The van der Waals surface area contributed by atoms with Crippen molar-refractivity contribution in [2.45, 2.75) is 19.1 Å². The topological polar surface area (TPSA) is 42.0 Å². The van der Waals surface area contributed by atoms with Crippen molar-refractivity contribution in [2.24, 2.45) is 0 Å². The van der Waals surface area contributed by atoms with Crippen LogP contribution in [0, 0.1) is 0 Å². The van der Waals surface area contributed by atoms with Crippen molar-refractivity contribution in [1.82, 2.24) is 10.3 Å². The van der Waals surface area contributed by atoms with Crippen molar-refractivity contribution < 1.29 is 18.0 Å². The number of aldehydes is 1. The number of nitrogens with one attached hydrogen (secondary N) is 1. The quantitative estimate of drug-likeness (QED) is 0.284. The zero-order chi connectivity index (χ0) is 22.6. The first-order chi connectivity index (χ1) is 15.5. The van der Waals surface area contributed by atoms with E-state index in [9.17, 15) is 18.0 Å². The number of pyridine rings is 1. The Labute approximate surface area is 183 Å². The number of carbonyl (C=O) groups is 1. The normalized spacial score (nSPS) is 11.6. The van der Waals surface area contributed by atoms with Gasteiger partial charge in [0, 0.05) is 29.3 Å². The third-order valence-electron chi connectivity index (χ3n) is 5.34. The molecule has 0 aliphatic heterocycles. The molecule has 6 heteroatoms. The minimum Gasteiger partial charge on any atom is -0.312 e. The first kappa shape index (κ1) is 21.7. The third-order valence-corrected chi connectivity index (χ3v) is 5.34. The number of alkyl halides is 3.